The predicted octanol–water partition coefficient (Wildman–Crippen LogP) is 2.18. The highest BCUT2D eigenvalue weighted by molar-refractivity contribution is 5.47. The summed E-state index contributed by atoms with van der Waals surface area (Å²) in [6.45, 7) is 6.45. The molecule has 0 aliphatic heterocycles. The molecule has 0 heterocycles. The van der Waals surface area contributed by atoms with Gasteiger partial charge in [-0.25, -0.2) is 0 Å². The first-order valence-electron chi connectivity index (χ1n) is 5.79. The van der Waals surface area contributed by atoms with E-state index in [1.807, 2.05) is 13.8 Å². The highest BCUT2D eigenvalue weighted by Gasteiger charge is 2.02. The summed E-state index contributed by atoms with van der Waals surface area (Å²) in [7, 11) is 2.07. The summed E-state index contributed by atoms with van der Waals surface area (Å²) in [5.74, 6) is 0. The Hall–Kier alpha value is -1.06. The van der Waals surface area contributed by atoms with Crippen molar-refractivity contribution in [3.8, 4) is 0 Å². The molecule has 0 aliphatic carbocycles. The first kappa shape index (κ1) is 13.0. The Balaban J connectivity index is 2.52. The van der Waals surface area contributed by atoms with Crippen LogP contribution in [0.4, 0.5) is 5.69 Å². The van der Waals surface area contributed by atoms with Crippen LogP contribution in [0.5, 0.6) is 0 Å². The highest BCUT2D eigenvalue weighted by Crippen LogP contribution is 2.16. The smallest absolute Gasteiger partial charge is 0.0641 e. The minimum absolute atomic E-state index is 0.0998. The number of ether oxygens (including phenoxy) is 1. The summed E-state index contributed by atoms with van der Waals surface area (Å²) in [5, 5.41) is 0. The van der Waals surface area contributed by atoms with Gasteiger partial charge in [0.1, 0.15) is 0 Å². The van der Waals surface area contributed by atoms with Crippen molar-refractivity contribution in [1.82, 2.24) is 0 Å². The lowest BCUT2D eigenvalue weighted by atomic mass is 10.1. The molecule has 0 saturated heterocycles. The molecule has 1 aromatic rings. The number of hydrogen-bond donors (Lipinski definition) is 1. The van der Waals surface area contributed by atoms with Gasteiger partial charge < -0.3 is 15.4 Å². The van der Waals surface area contributed by atoms with E-state index in [1.165, 1.54) is 11.3 Å². The second kappa shape index (κ2) is 6.51. The molecule has 0 saturated carbocycles. The number of nitrogens with two attached hydrogens (primary N) is 1. The number of anilines is 1. The van der Waals surface area contributed by atoms with Crippen molar-refractivity contribution in [3.05, 3.63) is 29.8 Å². The third kappa shape index (κ3) is 3.83. The number of benzene rings is 1. The Morgan fingerprint density at radius 3 is 2.44 bits per heavy atom. The second-order valence-corrected chi connectivity index (χ2v) is 4.00. The monoisotopic (exact) mass is 222 g/mol. The van der Waals surface area contributed by atoms with E-state index in [1.54, 1.807) is 0 Å². The Labute approximate surface area is 98.2 Å². The van der Waals surface area contributed by atoms with E-state index < -0.39 is 0 Å². The second-order valence-electron chi connectivity index (χ2n) is 4.00. The normalized spacial score (nSPS) is 12.5. The lowest BCUT2D eigenvalue weighted by Crippen LogP contribution is -2.22. The topological polar surface area (TPSA) is 38.5 Å². The lowest BCUT2D eigenvalue weighted by Gasteiger charge is -2.19. The van der Waals surface area contributed by atoms with Gasteiger partial charge in [0.05, 0.1) is 6.61 Å². The van der Waals surface area contributed by atoms with Gasteiger partial charge in [0.2, 0.25) is 0 Å². The van der Waals surface area contributed by atoms with E-state index in [0.717, 1.165) is 19.8 Å². The van der Waals surface area contributed by atoms with Crippen molar-refractivity contribution in [2.24, 2.45) is 5.73 Å². The Morgan fingerprint density at radius 2 is 1.94 bits per heavy atom. The third-order valence-electron chi connectivity index (χ3n) is 2.63. The number of nitrogens with zero attached hydrogens (tertiary/aromatic N) is 1. The molecule has 3 nitrogen and oxygen atoms in total. The Bertz CT molecular complexity index is 295. The van der Waals surface area contributed by atoms with Crippen LogP contribution in [0.15, 0.2) is 24.3 Å². The molecule has 0 spiro atoms. The average molecular weight is 222 g/mol. The summed E-state index contributed by atoms with van der Waals surface area (Å²) in [6, 6.07) is 8.46. The van der Waals surface area contributed by atoms with Gasteiger partial charge in [-0.3, -0.25) is 0 Å². The van der Waals surface area contributed by atoms with E-state index >= 15 is 0 Å². The summed E-state index contributed by atoms with van der Waals surface area (Å²) < 4.78 is 5.33. The maximum Gasteiger partial charge on any atom is 0.0641 e. The van der Waals surface area contributed by atoms with Gasteiger partial charge in [0.15, 0.2) is 0 Å². The zero-order valence-electron chi connectivity index (χ0n) is 10.4. The summed E-state index contributed by atoms with van der Waals surface area (Å²) in [4.78, 5) is 2.18. The van der Waals surface area contributed by atoms with Crippen molar-refractivity contribution in [2.45, 2.75) is 19.9 Å². The van der Waals surface area contributed by atoms with E-state index in [0.29, 0.717) is 0 Å². The van der Waals surface area contributed by atoms with Gasteiger partial charge in [-0.1, -0.05) is 12.1 Å². The molecule has 0 aliphatic rings. The third-order valence-corrected chi connectivity index (χ3v) is 2.63. The van der Waals surface area contributed by atoms with Crippen molar-refractivity contribution in [1.29, 1.82) is 0 Å². The maximum absolute atomic E-state index is 5.80. The number of rotatable bonds is 6. The lowest BCUT2D eigenvalue weighted by molar-refractivity contribution is 0.154. The number of likely N-dealkylation sites (N-methyl/N-ethyl adjacent to an activating group) is 1. The fraction of sp³-hybridized carbons (Fsp3) is 0.538. The van der Waals surface area contributed by atoms with Crippen LogP contribution >= 0.6 is 0 Å². The first-order valence-corrected chi connectivity index (χ1v) is 5.79. The molecular weight excluding hydrogens is 200 g/mol. The van der Waals surface area contributed by atoms with Gasteiger partial charge >= 0.3 is 0 Å². The van der Waals surface area contributed by atoms with Crippen LogP contribution in [0.2, 0.25) is 0 Å². The van der Waals surface area contributed by atoms with Crippen LogP contribution < -0.4 is 10.6 Å². The van der Waals surface area contributed by atoms with Crippen LogP contribution in [-0.2, 0) is 4.74 Å². The molecule has 0 radical (unpaired) electrons. The molecule has 0 aromatic heterocycles. The molecule has 3 heteroatoms. The van der Waals surface area contributed by atoms with Crippen LogP contribution in [0.25, 0.3) is 0 Å². The van der Waals surface area contributed by atoms with Gasteiger partial charge in [0.25, 0.3) is 0 Å². The predicted molar refractivity (Wildman–Crippen MR) is 68.8 cm³/mol. The van der Waals surface area contributed by atoms with Gasteiger partial charge in [0, 0.05) is 31.9 Å². The summed E-state index contributed by atoms with van der Waals surface area (Å²) in [5.41, 5.74) is 8.17. The molecular formula is C13H22N2O. The molecule has 2 N–H and O–H groups in total. The van der Waals surface area contributed by atoms with Crippen LogP contribution in [-0.4, -0.2) is 26.8 Å². The molecule has 1 aromatic carbocycles. The van der Waals surface area contributed by atoms with Crippen molar-refractivity contribution in [3.63, 3.8) is 0 Å². The largest absolute Gasteiger partial charge is 0.380 e. The van der Waals surface area contributed by atoms with Crippen LogP contribution in [0.3, 0.4) is 0 Å². The zero-order chi connectivity index (χ0) is 12.0. The molecule has 0 amide bonds. The van der Waals surface area contributed by atoms with E-state index in [2.05, 4.69) is 36.2 Å². The summed E-state index contributed by atoms with van der Waals surface area (Å²) >= 11 is 0. The SMILES string of the molecule is CCOCCN(C)c1ccc([C@H](C)N)cc1. The zero-order valence-corrected chi connectivity index (χ0v) is 10.4. The van der Waals surface area contributed by atoms with Crippen LogP contribution in [0.1, 0.15) is 25.5 Å². The fourth-order valence-corrected chi connectivity index (χ4v) is 1.51. The summed E-state index contributed by atoms with van der Waals surface area (Å²) in [6.07, 6.45) is 0. The molecule has 90 valence electrons. The van der Waals surface area contributed by atoms with Crippen LogP contribution in [0, 0.1) is 0 Å². The fourth-order valence-electron chi connectivity index (χ4n) is 1.51. The van der Waals surface area contributed by atoms with E-state index in [-0.39, 0.29) is 6.04 Å². The van der Waals surface area contributed by atoms with Gasteiger partial charge in [-0.2, -0.15) is 0 Å². The van der Waals surface area contributed by atoms with Crippen molar-refractivity contribution < 1.29 is 4.74 Å². The standard InChI is InChI=1S/C13H22N2O/c1-4-16-10-9-15(3)13-7-5-12(6-8-13)11(2)14/h5-8,11H,4,9-10,14H2,1-3H3/t11-/m0/s1. The van der Waals surface area contributed by atoms with Crippen molar-refractivity contribution in [2.75, 3.05) is 31.7 Å². The van der Waals surface area contributed by atoms with E-state index in [4.69, 9.17) is 10.5 Å². The number of hydrogen-bond acceptors (Lipinski definition) is 3. The molecule has 16 heavy (non-hydrogen) atoms. The van der Waals surface area contributed by atoms with Crippen molar-refractivity contribution >= 4 is 5.69 Å². The molecule has 0 unspecified atom stereocenters. The maximum atomic E-state index is 5.80. The van der Waals surface area contributed by atoms with Gasteiger partial charge in [-0.15, -0.1) is 0 Å². The van der Waals surface area contributed by atoms with E-state index in [9.17, 15) is 0 Å². The minimum Gasteiger partial charge on any atom is -0.380 e. The molecule has 0 fully saturated rings. The molecule has 1 atom stereocenters. The average Bonchev–Trinajstić information content (AvgIpc) is 2.29. The van der Waals surface area contributed by atoms with Gasteiger partial charge in [-0.05, 0) is 31.5 Å². The molecule has 0 bridgehead atoms. The molecule has 1 rings (SSSR count). The minimum atomic E-state index is 0.0998. The highest BCUT2D eigenvalue weighted by atomic mass is 16.5. The first-order chi connectivity index (χ1) is 7.65. The Morgan fingerprint density at radius 1 is 1.31 bits per heavy atom. The Kier molecular flexibility index (Phi) is 5.29. The quantitative estimate of drug-likeness (QED) is 0.750.